The van der Waals surface area contributed by atoms with Gasteiger partial charge in [0.1, 0.15) is 28.2 Å². The zero-order valence-electron chi connectivity index (χ0n) is 19.7. The van der Waals surface area contributed by atoms with Crippen molar-refractivity contribution in [2.45, 2.75) is 72.8 Å². The number of hydrogen-bond donors (Lipinski definition) is 0. The predicted molar refractivity (Wildman–Crippen MR) is 130 cm³/mol. The van der Waals surface area contributed by atoms with Crippen LogP contribution in [0.15, 0.2) is 27.9 Å². The molecule has 176 valence electrons. The molecule has 0 bridgehead atoms. The van der Waals surface area contributed by atoms with Gasteiger partial charge in [0.05, 0.1) is 18.9 Å². The van der Waals surface area contributed by atoms with E-state index in [2.05, 4.69) is 12.1 Å². The molecule has 0 aliphatic heterocycles. The van der Waals surface area contributed by atoms with Crippen LogP contribution in [0.5, 0.6) is 11.5 Å². The van der Waals surface area contributed by atoms with E-state index in [1.54, 1.807) is 6.08 Å². The fourth-order valence-electron chi connectivity index (χ4n) is 2.68. The number of hydrogen-bond acceptors (Lipinski definition) is 5. The molecule has 0 N–H and O–H groups in total. The van der Waals surface area contributed by atoms with Gasteiger partial charge in [0, 0.05) is 6.61 Å². The van der Waals surface area contributed by atoms with Gasteiger partial charge in [0.15, 0.2) is 0 Å². The number of ether oxygens (including phenoxy) is 3. The molecule has 0 aromatic heterocycles. The maximum absolute atomic E-state index is 6.08. The Bertz CT molecular complexity index is 723. The second-order valence-corrected chi connectivity index (χ2v) is 9.39. The van der Waals surface area contributed by atoms with E-state index in [0.717, 1.165) is 54.0 Å². The quantitative estimate of drug-likeness (QED) is 0.165. The predicted octanol–water partition coefficient (Wildman–Crippen LogP) is 7.01. The smallest absolute Gasteiger partial charge is 0.129 e. The minimum Gasteiger partial charge on any atom is -0.493 e. The Morgan fingerprint density at radius 1 is 1.06 bits per heavy atom. The topological polar surface area (TPSA) is 49.3 Å². The SMILES string of the molecule is CCc1cc(OCC=C(Cl)Cl)cc(C)c1OCCCCCOCC(C)=NOC(C)(C)C. The Morgan fingerprint density at radius 2 is 1.77 bits per heavy atom. The van der Waals surface area contributed by atoms with Gasteiger partial charge >= 0.3 is 0 Å². The monoisotopic (exact) mass is 473 g/mol. The molecule has 0 aliphatic rings. The summed E-state index contributed by atoms with van der Waals surface area (Å²) in [4.78, 5) is 5.38. The highest BCUT2D eigenvalue weighted by Crippen LogP contribution is 2.30. The lowest BCUT2D eigenvalue weighted by atomic mass is 10.1. The molecule has 0 amide bonds. The molecule has 1 aromatic rings. The zero-order chi connectivity index (χ0) is 23.3. The van der Waals surface area contributed by atoms with Crippen molar-refractivity contribution >= 4 is 28.9 Å². The summed E-state index contributed by atoms with van der Waals surface area (Å²) in [5.41, 5.74) is 2.76. The third kappa shape index (κ3) is 12.9. The minimum atomic E-state index is -0.277. The first kappa shape index (κ1) is 27.6. The lowest BCUT2D eigenvalue weighted by molar-refractivity contribution is -0.000649. The lowest BCUT2D eigenvalue weighted by Gasteiger charge is -2.16. The lowest BCUT2D eigenvalue weighted by Crippen LogP contribution is -2.17. The van der Waals surface area contributed by atoms with Gasteiger partial charge < -0.3 is 19.0 Å². The molecule has 1 rings (SSSR count). The molecular weight excluding hydrogens is 437 g/mol. The number of oxime groups is 1. The normalized spacial score (nSPS) is 11.9. The molecule has 1 aromatic carbocycles. The number of aryl methyl sites for hydroxylation is 2. The van der Waals surface area contributed by atoms with Gasteiger partial charge in [-0.1, -0.05) is 35.3 Å². The molecule has 0 saturated heterocycles. The van der Waals surface area contributed by atoms with Gasteiger partial charge in [-0.3, -0.25) is 0 Å². The van der Waals surface area contributed by atoms with E-state index in [1.165, 1.54) is 0 Å². The maximum atomic E-state index is 6.08. The maximum Gasteiger partial charge on any atom is 0.129 e. The van der Waals surface area contributed by atoms with Crippen LogP contribution < -0.4 is 9.47 Å². The van der Waals surface area contributed by atoms with Crippen LogP contribution in [0.2, 0.25) is 0 Å². The third-order valence-electron chi connectivity index (χ3n) is 4.16. The summed E-state index contributed by atoms with van der Waals surface area (Å²) in [7, 11) is 0. The number of halogens is 2. The summed E-state index contributed by atoms with van der Waals surface area (Å²) >= 11 is 11.2. The van der Waals surface area contributed by atoms with Crippen LogP contribution in [0.25, 0.3) is 0 Å². The van der Waals surface area contributed by atoms with Crippen molar-refractivity contribution in [1.82, 2.24) is 0 Å². The van der Waals surface area contributed by atoms with E-state index in [4.69, 9.17) is 42.3 Å². The molecule has 0 heterocycles. The van der Waals surface area contributed by atoms with E-state index < -0.39 is 0 Å². The molecule has 0 fully saturated rings. The Balaban J connectivity index is 2.32. The highest BCUT2D eigenvalue weighted by Gasteiger charge is 2.11. The van der Waals surface area contributed by atoms with Crippen molar-refractivity contribution < 1.29 is 19.0 Å². The van der Waals surface area contributed by atoms with Crippen molar-refractivity contribution in [3.8, 4) is 11.5 Å². The van der Waals surface area contributed by atoms with Crippen LogP contribution in [0.3, 0.4) is 0 Å². The van der Waals surface area contributed by atoms with Gasteiger partial charge in [-0.25, -0.2) is 0 Å². The van der Waals surface area contributed by atoms with Crippen LogP contribution in [0, 0.1) is 6.92 Å². The van der Waals surface area contributed by atoms with Gasteiger partial charge in [0.25, 0.3) is 0 Å². The molecule has 0 unspecified atom stereocenters. The van der Waals surface area contributed by atoms with E-state index in [1.807, 2.05) is 46.8 Å². The molecule has 7 heteroatoms. The number of nitrogens with zero attached hydrogens (tertiary/aromatic N) is 1. The highest BCUT2D eigenvalue weighted by atomic mass is 35.5. The van der Waals surface area contributed by atoms with Crippen molar-refractivity contribution in [2.75, 3.05) is 26.4 Å². The fourth-order valence-corrected chi connectivity index (χ4v) is 2.81. The van der Waals surface area contributed by atoms with Crippen LogP contribution in [-0.4, -0.2) is 37.7 Å². The van der Waals surface area contributed by atoms with Crippen LogP contribution in [0.4, 0.5) is 0 Å². The molecule has 0 spiro atoms. The molecule has 0 atom stereocenters. The standard InChI is InChI=1S/C24H37Cl2NO4/c1-7-20-16-21(29-14-11-22(25)26)15-18(2)23(20)30-13-10-8-9-12-28-17-19(3)27-31-24(4,5)6/h11,15-16H,7-10,12-14,17H2,1-6H3. The van der Waals surface area contributed by atoms with Crippen LogP contribution in [0.1, 0.15) is 65.0 Å². The van der Waals surface area contributed by atoms with E-state index >= 15 is 0 Å². The summed E-state index contributed by atoms with van der Waals surface area (Å²) in [6, 6.07) is 3.99. The Labute approximate surface area is 197 Å². The zero-order valence-corrected chi connectivity index (χ0v) is 21.2. The van der Waals surface area contributed by atoms with Gasteiger partial charge in [-0.2, -0.15) is 0 Å². The fraction of sp³-hybridized carbons (Fsp3) is 0.625. The summed E-state index contributed by atoms with van der Waals surface area (Å²) in [6.07, 6.45) is 5.49. The second-order valence-electron chi connectivity index (χ2n) is 8.38. The first-order chi connectivity index (χ1) is 14.6. The summed E-state index contributed by atoms with van der Waals surface area (Å²) in [5.74, 6) is 1.74. The Kier molecular flexibility index (Phi) is 13.0. The number of unbranched alkanes of at least 4 members (excludes halogenated alkanes) is 2. The van der Waals surface area contributed by atoms with Gasteiger partial charge in [-0.05, 0) is 89.6 Å². The first-order valence-corrected chi connectivity index (χ1v) is 11.6. The van der Waals surface area contributed by atoms with Gasteiger partial charge in [0.2, 0.25) is 0 Å². The molecular formula is C24H37Cl2NO4. The molecule has 5 nitrogen and oxygen atoms in total. The first-order valence-electron chi connectivity index (χ1n) is 10.8. The summed E-state index contributed by atoms with van der Waals surface area (Å²) < 4.78 is 17.6. The van der Waals surface area contributed by atoms with Crippen molar-refractivity contribution in [3.63, 3.8) is 0 Å². The van der Waals surface area contributed by atoms with Gasteiger partial charge in [-0.15, -0.1) is 0 Å². The average Bonchev–Trinajstić information content (AvgIpc) is 2.68. The summed E-state index contributed by atoms with van der Waals surface area (Å²) in [5, 5.41) is 4.08. The second kappa shape index (κ2) is 14.6. The molecule has 0 saturated carbocycles. The number of benzene rings is 1. The highest BCUT2D eigenvalue weighted by molar-refractivity contribution is 6.55. The largest absolute Gasteiger partial charge is 0.493 e. The van der Waals surface area contributed by atoms with Crippen molar-refractivity contribution in [1.29, 1.82) is 0 Å². The Hall–Kier alpha value is -1.43. The molecule has 0 radical (unpaired) electrons. The van der Waals surface area contributed by atoms with Crippen LogP contribution >= 0.6 is 23.2 Å². The van der Waals surface area contributed by atoms with Crippen LogP contribution in [-0.2, 0) is 16.0 Å². The molecule has 31 heavy (non-hydrogen) atoms. The number of rotatable bonds is 14. The third-order valence-corrected chi connectivity index (χ3v) is 4.47. The van der Waals surface area contributed by atoms with Crippen molar-refractivity contribution in [2.24, 2.45) is 5.16 Å². The average molecular weight is 474 g/mol. The van der Waals surface area contributed by atoms with Crippen molar-refractivity contribution in [3.05, 3.63) is 33.8 Å². The van der Waals surface area contributed by atoms with E-state index in [9.17, 15) is 0 Å². The van der Waals surface area contributed by atoms with E-state index in [0.29, 0.717) is 26.4 Å². The Morgan fingerprint density at radius 3 is 2.42 bits per heavy atom. The summed E-state index contributed by atoms with van der Waals surface area (Å²) in [6.45, 7) is 14.2. The minimum absolute atomic E-state index is 0.204. The molecule has 0 aliphatic carbocycles. The van der Waals surface area contributed by atoms with E-state index in [-0.39, 0.29) is 10.1 Å².